The van der Waals surface area contributed by atoms with Gasteiger partial charge in [0.05, 0.1) is 16.5 Å². The molecule has 37 heavy (non-hydrogen) atoms. The number of amides is 1. The zero-order valence-electron chi connectivity index (χ0n) is 21.4. The number of carbonyl (C=O) groups is 2. The summed E-state index contributed by atoms with van der Waals surface area (Å²) in [5, 5.41) is 31.9. The van der Waals surface area contributed by atoms with Crippen LogP contribution >= 0.6 is 0 Å². The van der Waals surface area contributed by atoms with Gasteiger partial charge in [0, 0.05) is 24.2 Å². The van der Waals surface area contributed by atoms with Crippen molar-refractivity contribution >= 4 is 23.1 Å². The van der Waals surface area contributed by atoms with Gasteiger partial charge in [0.2, 0.25) is 0 Å². The van der Waals surface area contributed by atoms with Crippen LogP contribution in [0.25, 0.3) is 5.76 Å². The van der Waals surface area contributed by atoms with Crippen LogP contribution in [0.1, 0.15) is 63.1 Å². The largest absolute Gasteiger partial charge is 0.508 e. The number of aliphatic hydroxyl groups is 1. The van der Waals surface area contributed by atoms with E-state index in [-0.39, 0.29) is 28.3 Å². The third-order valence-electron chi connectivity index (χ3n) is 6.63. The summed E-state index contributed by atoms with van der Waals surface area (Å²) in [5.74, 6) is -1.85. The van der Waals surface area contributed by atoms with Gasteiger partial charge in [0.25, 0.3) is 17.4 Å². The van der Waals surface area contributed by atoms with Crippen LogP contribution < -0.4 is 0 Å². The van der Waals surface area contributed by atoms with Crippen LogP contribution in [0.5, 0.6) is 5.75 Å². The standard InChI is InChI=1S/C28H35N3O6/c1-3-5-16-29(17-6-4-2)18-7-19-30-25(20-10-14-23(32)15-11-20)24(27(34)28(30)35)26(33)21-8-12-22(13-9-21)31(36)37/h8-15,25,32-33H,3-7,16-19H2,1-2H3/t25-/m1/s1. The molecular weight excluding hydrogens is 474 g/mol. The maximum Gasteiger partial charge on any atom is 0.295 e. The van der Waals surface area contributed by atoms with Gasteiger partial charge in [-0.2, -0.15) is 0 Å². The Bertz CT molecular complexity index is 1120. The monoisotopic (exact) mass is 509 g/mol. The van der Waals surface area contributed by atoms with Crippen LogP contribution in [0.4, 0.5) is 5.69 Å². The molecule has 0 radical (unpaired) electrons. The number of rotatable bonds is 13. The van der Waals surface area contributed by atoms with Crippen molar-refractivity contribution in [3.63, 3.8) is 0 Å². The van der Waals surface area contributed by atoms with E-state index in [1.165, 1.54) is 41.3 Å². The molecule has 0 spiro atoms. The Morgan fingerprint density at radius 3 is 2.05 bits per heavy atom. The fraction of sp³-hybridized carbons (Fsp3) is 0.429. The van der Waals surface area contributed by atoms with Gasteiger partial charge in [-0.3, -0.25) is 19.7 Å². The number of nitrogens with zero attached hydrogens (tertiary/aromatic N) is 3. The zero-order chi connectivity index (χ0) is 26.9. The van der Waals surface area contributed by atoms with Gasteiger partial charge in [-0.1, -0.05) is 38.8 Å². The molecule has 1 heterocycles. The van der Waals surface area contributed by atoms with E-state index in [2.05, 4.69) is 18.7 Å². The molecule has 0 unspecified atom stereocenters. The SMILES string of the molecule is CCCCN(CCCC)CCCN1C(=O)C(=O)C(=C(O)c2ccc([N+](=O)[O-])cc2)[C@H]1c1ccc(O)cc1. The second-order valence-electron chi connectivity index (χ2n) is 9.29. The van der Waals surface area contributed by atoms with Crippen LogP contribution in [-0.4, -0.2) is 62.8 Å². The van der Waals surface area contributed by atoms with Crippen molar-refractivity contribution in [3.8, 4) is 5.75 Å². The summed E-state index contributed by atoms with van der Waals surface area (Å²) in [7, 11) is 0. The molecule has 2 N–H and O–H groups in total. The predicted molar refractivity (Wildman–Crippen MR) is 141 cm³/mol. The summed E-state index contributed by atoms with van der Waals surface area (Å²) >= 11 is 0. The third kappa shape index (κ3) is 6.74. The normalized spacial score (nSPS) is 17.1. The van der Waals surface area contributed by atoms with E-state index in [4.69, 9.17) is 0 Å². The van der Waals surface area contributed by atoms with Crippen molar-refractivity contribution in [2.75, 3.05) is 26.2 Å². The molecule has 198 valence electrons. The average Bonchev–Trinajstić information content (AvgIpc) is 3.15. The summed E-state index contributed by atoms with van der Waals surface area (Å²) in [4.78, 5) is 40.6. The fourth-order valence-corrected chi connectivity index (χ4v) is 4.57. The Kier molecular flexibility index (Phi) is 9.79. The minimum absolute atomic E-state index is 0.0403. The Labute approximate surface area is 217 Å². The Hall–Kier alpha value is -3.72. The number of Topliss-reactive ketones (excluding diaryl/α,β-unsaturated/α-hetero) is 1. The number of likely N-dealkylation sites (tertiary alicyclic amines) is 1. The van der Waals surface area contributed by atoms with E-state index in [0.29, 0.717) is 18.5 Å². The van der Waals surface area contributed by atoms with Crippen molar-refractivity contribution in [1.82, 2.24) is 9.80 Å². The number of phenols is 1. The molecule has 2 aromatic carbocycles. The van der Waals surface area contributed by atoms with E-state index < -0.39 is 22.7 Å². The Balaban J connectivity index is 1.92. The van der Waals surface area contributed by atoms with Crippen molar-refractivity contribution in [1.29, 1.82) is 0 Å². The summed E-state index contributed by atoms with van der Waals surface area (Å²) in [6, 6.07) is 10.5. The highest BCUT2D eigenvalue weighted by Crippen LogP contribution is 2.40. The first-order valence-corrected chi connectivity index (χ1v) is 12.8. The molecule has 2 aromatic rings. The number of unbranched alkanes of at least 4 members (excludes halogenated alkanes) is 2. The number of ketones is 1. The summed E-state index contributed by atoms with van der Waals surface area (Å²) in [6.45, 7) is 7.38. The molecule has 1 saturated heterocycles. The molecular formula is C28H35N3O6. The predicted octanol–water partition coefficient (Wildman–Crippen LogP) is 5.01. The first-order chi connectivity index (χ1) is 17.8. The summed E-state index contributed by atoms with van der Waals surface area (Å²) in [5.41, 5.74) is 0.563. The molecule has 1 fully saturated rings. The molecule has 0 saturated carbocycles. The number of nitro benzene ring substituents is 1. The van der Waals surface area contributed by atoms with E-state index in [9.17, 15) is 29.9 Å². The lowest BCUT2D eigenvalue weighted by Gasteiger charge is -2.27. The lowest BCUT2D eigenvalue weighted by Crippen LogP contribution is -2.34. The highest BCUT2D eigenvalue weighted by atomic mass is 16.6. The highest BCUT2D eigenvalue weighted by Gasteiger charge is 2.45. The summed E-state index contributed by atoms with van der Waals surface area (Å²) in [6.07, 6.45) is 5.04. The minimum atomic E-state index is -0.837. The maximum absolute atomic E-state index is 13.2. The number of non-ortho nitro benzene ring substituents is 1. The topological polar surface area (TPSA) is 124 Å². The molecule has 0 aliphatic carbocycles. The second-order valence-corrected chi connectivity index (χ2v) is 9.29. The molecule has 1 amide bonds. The minimum Gasteiger partial charge on any atom is -0.508 e. The molecule has 1 aliphatic rings. The zero-order valence-corrected chi connectivity index (χ0v) is 21.4. The van der Waals surface area contributed by atoms with E-state index in [1.54, 1.807) is 12.1 Å². The van der Waals surface area contributed by atoms with Gasteiger partial charge in [0.1, 0.15) is 11.5 Å². The quantitative estimate of drug-likeness (QED) is 0.128. The number of hydrogen-bond acceptors (Lipinski definition) is 7. The molecule has 1 atom stereocenters. The number of phenolic OH excluding ortho intramolecular Hbond substituents is 1. The number of hydrogen-bond donors (Lipinski definition) is 2. The van der Waals surface area contributed by atoms with Gasteiger partial charge < -0.3 is 20.0 Å². The van der Waals surface area contributed by atoms with E-state index in [1.807, 2.05) is 0 Å². The second kappa shape index (κ2) is 13.0. The average molecular weight is 510 g/mol. The Morgan fingerprint density at radius 2 is 1.51 bits per heavy atom. The van der Waals surface area contributed by atoms with Crippen LogP contribution in [-0.2, 0) is 9.59 Å². The van der Waals surface area contributed by atoms with Crippen molar-refractivity contribution in [2.45, 2.75) is 52.0 Å². The number of aromatic hydroxyl groups is 1. The molecule has 9 heteroatoms. The van der Waals surface area contributed by atoms with Crippen LogP contribution in [0, 0.1) is 10.1 Å². The van der Waals surface area contributed by atoms with Crippen molar-refractivity contribution in [3.05, 3.63) is 75.3 Å². The van der Waals surface area contributed by atoms with Gasteiger partial charge >= 0.3 is 0 Å². The summed E-state index contributed by atoms with van der Waals surface area (Å²) < 4.78 is 0. The molecule has 9 nitrogen and oxygen atoms in total. The van der Waals surface area contributed by atoms with Gasteiger partial charge in [-0.25, -0.2) is 0 Å². The number of carbonyl (C=O) groups excluding carboxylic acids is 2. The number of aliphatic hydroxyl groups excluding tert-OH is 1. The van der Waals surface area contributed by atoms with E-state index >= 15 is 0 Å². The molecule has 0 aromatic heterocycles. The number of benzene rings is 2. The smallest absolute Gasteiger partial charge is 0.295 e. The lowest BCUT2D eigenvalue weighted by molar-refractivity contribution is -0.384. The molecule has 3 rings (SSSR count). The molecule has 0 bridgehead atoms. The van der Waals surface area contributed by atoms with Gasteiger partial charge in [-0.15, -0.1) is 0 Å². The van der Waals surface area contributed by atoms with E-state index in [0.717, 1.165) is 45.3 Å². The maximum atomic E-state index is 13.2. The van der Waals surface area contributed by atoms with Crippen molar-refractivity contribution in [2.24, 2.45) is 0 Å². The number of nitro groups is 1. The highest BCUT2D eigenvalue weighted by molar-refractivity contribution is 6.46. The van der Waals surface area contributed by atoms with Crippen LogP contribution in [0.3, 0.4) is 0 Å². The van der Waals surface area contributed by atoms with Gasteiger partial charge in [-0.05, 0) is 68.7 Å². The van der Waals surface area contributed by atoms with Gasteiger partial charge in [0.15, 0.2) is 0 Å². The third-order valence-corrected chi connectivity index (χ3v) is 6.63. The molecule has 1 aliphatic heterocycles. The first kappa shape index (κ1) is 27.9. The lowest BCUT2D eigenvalue weighted by atomic mass is 9.95. The fourth-order valence-electron chi connectivity index (χ4n) is 4.57. The van der Waals surface area contributed by atoms with Crippen molar-refractivity contribution < 1.29 is 24.7 Å². The van der Waals surface area contributed by atoms with Crippen LogP contribution in [0.2, 0.25) is 0 Å². The Morgan fingerprint density at radius 1 is 0.946 bits per heavy atom. The van der Waals surface area contributed by atoms with Crippen LogP contribution in [0.15, 0.2) is 54.1 Å². The first-order valence-electron chi connectivity index (χ1n) is 12.8.